The quantitative estimate of drug-likeness (QED) is 0.384. The molecule has 0 fully saturated rings. The van der Waals surface area contributed by atoms with Gasteiger partial charge in [0.2, 0.25) is 5.91 Å². The number of rotatable bonds is 6. The predicted octanol–water partition coefficient (Wildman–Crippen LogP) is 2.77. The largest absolute Gasteiger partial charge is 0.366 e. The van der Waals surface area contributed by atoms with Crippen LogP contribution >= 0.6 is 35.3 Å². The lowest BCUT2D eigenvalue weighted by atomic mass is 10.1. The third-order valence-corrected chi connectivity index (χ3v) is 4.23. The Morgan fingerprint density at radius 3 is 2.56 bits per heavy atom. The Morgan fingerprint density at radius 2 is 2.04 bits per heavy atom. The second-order valence-electron chi connectivity index (χ2n) is 5.45. The van der Waals surface area contributed by atoms with Crippen LogP contribution in [-0.2, 0) is 13.1 Å². The lowest BCUT2D eigenvalue weighted by Gasteiger charge is -2.21. The molecule has 0 saturated carbocycles. The first-order valence-corrected chi connectivity index (χ1v) is 8.66. The maximum atomic E-state index is 11.1. The number of guanidine groups is 1. The minimum absolute atomic E-state index is 0. The molecule has 2 aromatic rings. The van der Waals surface area contributed by atoms with Crippen molar-refractivity contribution in [3.8, 4) is 0 Å². The molecule has 1 heterocycles. The van der Waals surface area contributed by atoms with Gasteiger partial charge in [0.05, 0.1) is 23.8 Å². The Morgan fingerprint density at radius 1 is 1.36 bits per heavy atom. The van der Waals surface area contributed by atoms with E-state index in [1.807, 2.05) is 33.0 Å². The van der Waals surface area contributed by atoms with Crippen molar-refractivity contribution in [3.05, 3.63) is 51.5 Å². The molecule has 0 atom stereocenters. The molecule has 0 unspecified atom stereocenters. The van der Waals surface area contributed by atoms with Crippen LogP contribution in [0, 0.1) is 6.92 Å². The smallest absolute Gasteiger partial charge is 0.248 e. The topological polar surface area (TPSA) is 83.6 Å². The molecule has 0 aliphatic carbocycles. The third kappa shape index (κ3) is 6.62. The first kappa shape index (κ1) is 21.4. The standard InChI is InChI=1S/C17H23N5OS.HI/c1-4-19-17(22(3)10-15-11-24-12(2)21-15)20-9-13-5-7-14(8-6-13)16(18)23;/h5-8,11H,4,9-10H2,1-3H3,(H2,18,23)(H,19,20);1H. The van der Waals surface area contributed by atoms with Crippen LogP contribution < -0.4 is 11.1 Å². The van der Waals surface area contributed by atoms with Gasteiger partial charge in [-0.15, -0.1) is 35.3 Å². The fourth-order valence-electron chi connectivity index (χ4n) is 2.21. The van der Waals surface area contributed by atoms with Crippen LogP contribution in [0.1, 0.15) is 33.5 Å². The van der Waals surface area contributed by atoms with Gasteiger partial charge in [-0.2, -0.15) is 0 Å². The van der Waals surface area contributed by atoms with Crippen molar-refractivity contribution < 1.29 is 4.79 Å². The van der Waals surface area contributed by atoms with Crippen LogP contribution in [-0.4, -0.2) is 35.3 Å². The van der Waals surface area contributed by atoms with Gasteiger partial charge in [0, 0.05) is 24.5 Å². The summed E-state index contributed by atoms with van der Waals surface area (Å²) in [5, 5.41) is 6.42. The van der Waals surface area contributed by atoms with Gasteiger partial charge >= 0.3 is 0 Å². The number of hydrogen-bond acceptors (Lipinski definition) is 4. The zero-order valence-corrected chi connectivity index (χ0v) is 17.8. The number of nitrogens with one attached hydrogen (secondary N) is 1. The molecule has 0 spiro atoms. The molecule has 1 amide bonds. The summed E-state index contributed by atoms with van der Waals surface area (Å²) in [5.74, 6) is 0.402. The van der Waals surface area contributed by atoms with E-state index in [-0.39, 0.29) is 24.0 Å². The van der Waals surface area contributed by atoms with E-state index in [0.29, 0.717) is 18.7 Å². The third-order valence-electron chi connectivity index (χ3n) is 3.41. The normalized spacial score (nSPS) is 10.9. The highest BCUT2D eigenvalue weighted by Crippen LogP contribution is 2.10. The summed E-state index contributed by atoms with van der Waals surface area (Å²) < 4.78 is 0. The Hall–Kier alpha value is -1.68. The second kappa shape index (κ2) is 10.3. The van der Waals surface area contributed by atoms with Crippen LogP contribution in [0.2, 0.25) is 0 Å². The van der Waals surface area contributed by atoms with Crippen LogP contribution in [0.15, 0.2) is 34.6 Å². The fraction of sp³-hybridized carbons (Fsp3) is 0.353. The molecule has 6 nitrogen and oxygen atoms in total. The number of aryl methyl sites for hydroxylation is 1. The summed E-state index contributed by atoms with van der Waals surface area (Å²) in [4.78, 5) is 22.3. The summed E-state index contributed by atoms with van der Waals surface area (Å²) in [7, 11) is 1.99. The second-order valence-corrected chi connectivity index (χ2v) is 6.51. The minimum atomic E-state index is -0.420. The first-order chi connectivity index (χ1) is 11.5. The van der Waals surface area contributed by atoms with E-state index in [4.69, 9.17) is 5.73 Å². The number of carbonyl (C=O) groups is 1. The number of hydrogen-bond donors (Lipinski definition) is 2. The maximum Gasteiger partial charge on any atom is 0.248 e. The Bertz CT molecular complexity index is 714. The van der Waals surface area contributed by atoms with Crippen molar-refractivity contribution in [2.75, 3.05) is 13.6 Å². The van der Waals surface area contributed by atoms with Gasteiger partial charge in [-0.25, -0.2) is 9.98 Å². The number of aliphatic imine (C=N–C) groups is 1. The summed E-state index contributed by atoms with van der Waals surface area (Å²) in [6.07, 6.45) is 0. The zero-order chi connectivity index (χ0) is 17.5. The predicted molar refractivity (Wildman–Crippen MR) is 114 cm³/mol. The van der Waals surface area contributed by atoms with Crippen LogP contribution in [0.5, 0.6) is 0 Å². The molecular formula is C17H24IN5OS. The monoisotopic (exact) mass is 473 g/mol. The summed E-state index contributed by atoms with van der Waals surface area (Å²) >= 11 is 1.65. The van der Waals surface area contributed by atoms with Crippen molar-refractivity contribution in [3.63, 3.8) is 0 Å². The van der Waals surface area contributed by atoms with Gasteiger partial charge < -0.3 is 16.0 Å². The van der Waals surface area contributed by atoms with Crippen LogP contribution in [0.4, 0.5) is 0 Å². The Balaban J connectivity index is 0.00000312. The molecule has 0 saturated heterocycles. The van der Waals surface area contributed by atoms with Crippen molar-refractivity contribution >= 4 is 47.2 Å². The highest BCUT2D eigenvalue weighted by Gasteiger charge is 2.08. The number of nitrogens with zero attached hydrogens (tertiary/aromatic N) is 3. The SMILES string of the molecule is CCNC(=NCc1ccc(C(N)=O)cc1)N(C)Cc1csc(C)n1.I. The fourth-order valence-corrected chi connectivity index (χ4v) is 2.81. The van der Waals surface area contributed by atoms with E-state index < -0.39 is 5.91 Å². The molecule has 8 heteroatoms. The van der Waals surface area contributed by atoms with E-state index >= 15 is 0 Å². The van der Waals surface area contributed by atoms with Crippen molar-refractivity contribution in [2.24, 2.45) is 10.7 Å². The maximum absolute atomic E-state index is 11.1. The molecule has 3 N–H and O–H groups in total. The number of benzene rings is 1. The Kier molecular flexibility index (Phi) is 8.84. The highest BCUT2D eigenvalue weighted by molar-refractivity contribution is 14.0. The molecule has 1 aromatic carbocycles. The Labute approximate surface area is 169 Å². The van der Waals surface area contributed by atoms with Gasteiger partial charge in [-0.3, -0.25) is 4.79 Å². The van der Waals surface area contributed by atoms with E-state index in [1.54, 1.807) is 23.5 Å². The number of primary amides is 1. The molecule has 0 aliphatic rings. The van der Waals surface area contributed by atoms with E-state index in [9.17, 15) is 4.79 Å². The van der Waals surface area contributed by atoms with Crippen molar-refractivity contribution in [1.82, 2.24) is 15.2 Å². The van der Waals surface area contributed by atoms with Crippen molar-refractivity contribution in [1.29, 1.82) is 0 Å². The molecule has 25 heavy (non-hydrogen) atoms. The molecule has 0 aliphatic heterocycles. The number of nitrogens with two attached hydrogens (primary N) is 1. The van der Waals surface area contributed by atoms with Crippen molar-refractivity contribution in [2.45, 2.75) is 26.9 Å². The number of carbonyl (C=O) groups excluding carboxylic acids is 1. The number of halogens is 1. The number of thiazole rings is 1. The van der Waals surface area contributed by atoms with E-state index in [1.165, 1.54) is 0 Å². The van der Waals surface area contributed by atoms with Gasteiger partial charge in [0.1, 0.15) is 0 Å². The summed E-state index contributed by atoms with van der Waals surface area (Å²) in [6, 6.07) is 7.19. The molecule has 0 bridgehead atoms. The average molecular weight is 473 g/mol. The number of amides is 1. The molecule has 0 radical (unpaired) electrons. The zero-order valence-electron chi connectivity index (χ0n) is 14.7. The van der Waals surface area contributed by atoms with Gasteiger partial charge in [-0.1, -0.05) is 12.1 Å². The van der Waals surface area contributed by atoms with Gasteiger partial charge in [-0.05, 0) is 31.5 Å². The average Bonchev–Trinajstić information content (AvgIpc) is 2.96. The summed E-state index contributed by atoms with van der Waals surface area (Å²) in [5.41, 5.74) is 7.82. The molecule has 136 valence electrons. The number of aromatic nitrogens is 1. The van der Waals surface area contributed by atoms with Gasteiger partial charge in [0.15, 0.2) is 5.96 Å². The van der Waals surface area contributed by atoms with Crippen LogP contribution in [0.25, 0.3) is 0 Å². The minimum Gasteiger partial charge on any atom is -0.366 e. The lowest BCUT2D eigenvalue weighted by Crippen LogP contribution is -2.38. The van der Waals surface area contributed by atoms with E-state index in [0.717, 1.165) is 28.8 Å². The molecule has 1 aromatic heterocycles. The molecular weight excluding hydrogens is 449 g/mol. The van der Waals surface area contributed by atoms with Gasteiger partial charge in [0.25, 0.3) is 0 Å². The molecule has 2 rings (SSSR count). The highest BCUT2D eigenvalue weighted by atomic mass is 127. The lowest BCUT2D eigenvalue weighted by molar-refractivity contribution is 0.100. The van der Waals surface area contributed by atoms with Crippen LogP contribution in [0.3, 0.4) is 0 Å². The summed E-state index contributed by atoms with van der Waals surface area (Å²) in [6.45, 7) is 6.07. The van der Waals surface area contributed by atoms with E-state index in [2.05, 4.69) is 25.6 Å². The first-order valence-electron chi connectivity index (χ1n) is 7.78.